The molecular formula is C56H102O6. The van der Waals surface area contributed by atoms with Crippen LogP contribution in [0.3, 0.4) is 0 Å². The van der Waals surface area contributed by atoms with E-state index in [1.807, 2.05) is 0 Å². The molecule has 0 rings (SSSR count). The van der Waals surface area contributed by atoms with Gasteiger partial charge in [-0.25, -0.2) is 0 Å². The molecule has 0 spiro atoms. The Morgan fingerprint density at radius 1 is 0.323 bits per heavy atom. The Morgan fingerprint density at radius 2 is 0.581 bits per heavy atom. The van der Waals surface area contributed by atoms with E-state index in [1.165, 1.54) is 173 Å². The summed E-state index contributed by atoms with van der Waals surface area (Å²) in [6.07, 6.45) is 59.8. The van der Waals surface area contributed by atoms with Gasteiger partial charge in [0.1, 0.15) is 13.2 Å². The molecule has 62 heavy (non-hydrogen) atoms. The Bertz CT molecular complexity index is 1050. The highest BCUT2D eigenvalue weighted by molar-refractivity contribution is 5.71. The second-order valence-corrected chi connectivity index (χ2v) is 18.1. The molecule has 0 aromatic rings. The minimum atomic E-state index is -0.773. The van der Waals surface area contributed by atoms with Crippen LogP contribution in [-0.4, -0.2) is 37.2 Å². The smallest absolute Gasteiger partial charge is 0.306 e. The predicted molar refractivity (Wildman–Crippen MR) is 266 cm³/mol. The summed E-state index contributed by atoms with van der Waals surface area (Å²) in [5, 5.41) is 0. The highest BCUT2D eigenvalue weighted by Crippen LogP contribution is 2.15. The Balaban J connectivity index is 4.34. The average Bonchev–Trinajstić information content (AvgIpc) is 3.27. The molecule has 0 radical (unpaired) electrons. The van der Waals surface area contributed by atoms with Gasteiger partial charge >= 0.3 is 17.9 Å². The third kappa shape index (κ3) is 48.7. The van der Waals surface area contributed by atoms with Crippen LogP contribution < -0.4 is 0 Å². The zero-order chi connectivity index (χ0) is 45.1. The highest BCUT2D eigenvalue weighted by Gasteiger charge is 2.19. The molecule has 0 heterocycles. The highest BCUT2D eigenvalue weighted by atomic mass is 16.6. The number of esters is 3. The molecule has 6 nitrogen and oxygen atoms in total. The molecule has 0 bridgehead atoms. The van der Waals surface area contributed by atoms with E-state index in [4.69, 9.17) is 14.2 Å². The van der Waals surface area contributed by atoms with E-state index in [1.54, 1.807) is 0 Å². The van der Waals surface area contributed by atoms with Gasteiger partial charge in [0.05, 0.1) is 0 Å². The second kappa shape index (κ2) is 51.3. The lowest BCUT2D eigenvalue weighted by atomic mass is 10.0. The van der Waals surface area contributed by atoms with Crippen molar-refractivity contribution in [2.24, 2.45) is 0 Å². The van der Waals surface area contributed by atoms with Crippen LogP contribution in [0.1, 0.15) is 284 Å². The SMILES string of the molecule is CCCCC/C=C\C/C=C\CCCCCCCCCC(=O)OC[C@H](COC(=O)CCCCCCCCC/C=C\CCCCCC)OC(=O)CCCCCCCCCCCCCC. The number of hydrogen-bond acceptors (Lipinski definition) is 6. The number of ether oxygens (including phenoxy) is 3. The lowest BCUT2D eigenvalue weighted by molar-refractivity contribution is -0.167. The minimum absolute atomic E-state index is 0.0740. The second-order valence-electron chi connectivity index (χ2n) is 18.1. The fraction of sp³-hybridized carbons (Fsp3) is 0.839. The molecule has 0 saturated heterocycles. The topological polar surface area (TPSA) is 78.9 Å². The molecule has 0 unspecified atom stereocenters. The maximum atomic E-state index is 12.8. The van der Waals surface area contributed by atoms with E-state index < -0.39 is 6.10 Å². The quantitative estimate of drug-likeness (QED) is 0.0262. The van der Waals surface area contributed by atoms with Crippen molar-refractivity contribution in [3.05, 3.63) is 36.5 Å². The Labute approximate surface area is 385 Å². The molecule has 1 atom stereocenters. The van der Waals surface area contributed by atoms with Gasteiger partial charge < -0.3 is 14.2 Å². The maximum Gasteiger partial charge on any atom is 0.306 e. The van der Waals surface area contributed by atoms with Crippen LogP contribution in [0.25, 0.3) is 0 Å². The van der Waals surface area contributed by atoms with Crippen LogP contribution in [-0.2, 0) is 28.6 Å². The predicted octanol–water partition coefficient (Wildman–Crippen LogP) is 17.7. The first kappa shape index (κ1) is 59.6. The van der Waals surface area contributed by atoms with Gasteiger partial charge in [-0.15, -0.1) is 0 Å². The van der Waals surface area contributed by atoms with E-state index >= 15 is 0 Å². The molecular weight excluding hydrogens is 769 g/mol. The van der Waals surface area contributed by atoms with Crippen LogP contribution >= 0.6 is 0 Å². The van der Waals surface area contributed by atoms with Crippen molar-refractivity contribution in [1.82, 2.24) is 0 Å². The van der Waals surface area contributed by atoms with E-state index in [0.717, 1.165) is 70.6 Å². The van der Waals surface area contributed by atoms with E-state index in [-0.39, 0.29) is 31.1 Å². The standard InChI is InChI=1S/C56H102O6/c1-4-7-10-13-16-19-22-25-27-28-30-32-35-37-40-43-46-49-55(58)61-52-53(62-56(59)50-47-44-41-38-33-24-21-18-15-12-9-6-3)51-60-54(57)48-45-42-39-36-34-31-29-26-23-20-17-14-11-8-5-2/h16,19-20,23,25,27,53H,4-15,17-18,21-22,24,26,28-52H2,1-3H3/b19-16-,23-20-,27-25-/t53-/m0/s1. The third-order valence-electron chi connectivity index (χ3n) is 11.9. The van der Waals surface area contributed by atoms with E-state index in [9.17, 15) is 14.4 Å². The molecule has 0 N–H and O–H groups in total. The van der Waals surface area contributed by atoms with Crippen molar-refractivity contribution in [3.63, 3.8) is 0 Å². The molecule has 0 aromatic heterocycles. The number of carbonyl (C=O) groups excluding carboxylic acids is 3. The van der Waals surface area contributed by atoms with Crippen molar-refractivity contribution in [3.8, 4) is 0 Å². The van der Waals surface area contributed by atoms with Crippen molar-refractivity contribution in [2.75, 3.05) is 13.2 Å². The van der Waals surface area contributed by atoms with Gasteiger partial charge in [0.25, 0.3) is 0 Å². The summed E-state index contributed by atoms with van der Waals surface area (Å²) in [6.45, 7) is 6.61. The molecule has 0 fully saturated rings. The lowest BCUT2D eigenvalue weighted by Gasteiger charge is -2.18. The zero-order valence-corrected chi connectivity index (χ0v) is 41.4. The molecule has 0 aliphatic rings. The first-order valence-electron chi connectivity index (χ1n) is 27.0. The Morgan fingerprint density at radius 3 is 0.952 bits per heavy atom. The average molecular weight is 871 g/mol. The van der Waals surface area contributed by atoms with Gasteiger partial charge in [-0.1, -0.05) is 224 Å². The maximum absolute atomic E-state index is 12.8. The molecule has 362 valence electrons. The van der Waals surface area contributed by atoms with Crippen LogP contribution in [0.2, 0.25) is 0 Å². The lowest BCUT2D eigenvalue weighted by Crippen LogP contribution is -2.30. The molecule has 0 amide bonds. The fourth-order valence-electron chi connectivity index (χ4n) is 7.76. The number of hydrogen-bond donors (Lipinski definition) is 0. The van der Waals surface area contributed by atoms with Crippen LogP contribution in [0.4, 0.5) is 0 Å². The molecule has 0 aliphatic carbocycles. The Hall–Kier alpha value is -2.37. The number of rotatable bonds is 49. The van der Waals surface area contributed by atoms with Crippen molar-refractivity contribution in [1.29, 1.82) is 0 Å². The van der Waals surface area contributed by atoms with Gasteiger partial charge in [-0.2, -0.15) is 0 Å². The molecule has 6 heteroatoms. The first-order valence-corrected chi connectivity index (χ1v) is 27.0. The summed E-state index contributed by atoms with van der Waals surface area (Å²) in [4.78, 5) is 38.0. The number of carbonyl (C=O) groups is 3. The van der Waals surface area contributed by atoms with Crippen LogP contribution in [0.15, 0.2) is 36.5 Å². The fourth-order valence-corrected chi connectivity index (χ4v) is 7.76. The summed E-state index contributed by atoms with van der Waals surface area (Å²) in [5.74, 6) is -0.874. The van der Waals surface area contributed by atoms with Gasteiger partial charge in [0.15, 0.2) is 6.10 Å². The van der Waals surface area contributed by atoms with Crippen molar-refractivity contribution < 1.29 is 28.6 Å². The Kier molecular flexibility index (Phi) is 49.3. The first-order chi connectivity index (χ1) is 30.5. The van der Waals surface area contributed by atoms with Gasteiger partial charge in [0, 0.05) is 19.3 Å². The summed E-state index contributed by atoms with van der Waals surface area (Å²) in [5.41, 5.74) is 0. The summed E-state index contributed by atoms with van der Waals surface area (Å²) in [7, 11) is 0. The monoisotopic (exact) mass is 871 g/mol. The van der Waals surface area contributed by atoms with E-state index in [0.29, 0.717) is 19.3 Å². The van der Waals surface area contributed by atoms with Crippen LogP contribution in [0.5, 0.6) is 0 Å². The minimum Gasteiger partial charge on any atom is -0.462 e. The normalized spacial score (nSPS) is 12.2. The van der Waals surface area contributed by atoms with Crippen LogP contribution in [0, 0.1) is 0 Å². The summed E-state index contributed by atoms with van der Waals surface area (Å²) < 4.78 is 16.8. The summed E-state index contributed by atoms with van der Waals surface area (Å²) >= 11 is 0. The van der Waals surface area contributed by atoms with Crippen molar-refractivity contribution >= 4 is 17.9 Å². The molecule has 0 saturated carbocycles. The largest absolute Gasteiger partial charge is 0.462 e. The third-order valence-corrected chi connectivity index (χ3v) is 11.9. The van der Waals surface area contributed by atoms with Gasteiger partial charge in [0.2, 0.25) is 0 Å². The van der Waals surface area contributed by atoms with Gasteiger partial charge in [-0.05, 0) is 77.0 Å². The zero-order valence-electron chi connectivity index (χ0n) is 41.4. The molecule has 0 aliphatic heterocycles. The van der Waals surface area contributed by atoms with E-state index in [2.05, 4.69) is 57.2 Å². The molecule has 0 aromatic carbocycles. The van der Waals surface area contributed by atoms with Crippen molar-refractivity contribution in [2.45, 2.75) is 290 Å². The van der Waals surface area contributed by atoms with Gasteiger partial charge in [-0.3, -0.25) is 14.4 Å². The number of unbranched alkanes of at least 4 members (excludes halogenated alkanes) is 32. The number of allylic oxidation sites excluding steroid dienone is 6. The summed E-state index contributed by atoms with van der Waals surface area (Å²) in [6, 6.07) is 0.